The highest BCUT2D eigenvalue weighted by Crippen LogP contribution is 1.91. The molecule has 0 fully saturated rings. The molecule has 0 unspecified atom stereocenters. The second-order valence-corrected chi connectivity index (χ2v) is 1.57. The first kappa shape index (κ1) is 9.20. The van der Waals surface area contributed by atoms with Crippen LogP contribution in [-0.2, 0) is 0 Å². The van der Waals surface area contributed by atoms with Crippen molar-refractivity contribution in [2.24, 2.45) is 0 Å². The van der Waals surface area contributed by atoms with Crippen LogP contribution < -0.4 is 0 Å². The zero-order valence-electron chi connectivity index (χ0n) is 5.08. The van der Waals surface area contributed by atoms with E-state index in [1.54, 1.807) is 0 Å². The second kappa shape index (κ2) is 3.39. The van der Waals surface area contributed by atoms with Gasteiger partial charge in [-0.15, -0.1) is 0 Å². The molecular weight excluding hydrogens is 162 g/mol. The van der Waals surface area contributed by atoms with Gasteiger partial charge in [-0.25, -0.2) is 0 Å². The van der Waals surface area contributed by atoms with E-state index in [0.717, 1.165) is 0 Å². The molecule has 9 nitrogen and oxygen atoms in total. The van der Waals surface area contributed by atoms with Crippen molar-refractivity contribution in [3.63, 3.8) is 0 Å². The van der Waals surface area contributed by atoms with Crippen molar-refractivity contribution in [1.29, 1.82) is 0 Å². The molecule has 0 radical (unpaired) electrons. The fraction of sp³-hybridized carbons (Fsp3) is 1.00. The van der Waals surface area contributed by atoms with E-state index >= 15 is 0 Å². The fourth-order valence-electron chi connectivity index (χ4n) is 0.344. The average Bonchev–Trinajstić information content (AvgIpc) is 1.81. The van der Waals surface area contributed by atoms with Gasteiger partial charge in [0.15, 0.2) is 0 Å². The molecule has 0 aliphatic rings. The number of hydrogen-bond donors (Lipinski definition) is 0. The number of rotatable bonds is 4. The summed E-state index contributed by atoms with van der Waals surface area (Å²) in [5, 5.41) is 29.1. The fourth-order valence-corrected chi connectivity index (χ4v) is 0.344. The Balaban J connectivity index is 4.23. The van der Waals surface area contributed by atoms with Gasteiger partial charge < -0.3 is 0 Å². The molecule has 0 saturated carbocycles. The van der Waals surface area contributed by atoms with Crippen LogP contribution in [0.25, 0.3) is 0 Å². The summed E-state index contributed by atoms with van der Waals surface area (Å²) in [6, 6.07) is 0. The van der Waals surface area contributed by atoms with Crippen LogP contribution in [0.3, 0.4) is 0 Å². The van der Waals surface area contributed by atoms with Crippen molar-refractivity contribution in [1.82, 2.24) is 0 Å². The van der Waals surface area contributed by atoms with E-state index in [-0.39, 0.29) is 0 Å². The van der Waals surface area contributed by atoms with Gasteiger partial charge in [0.1, 0.15) is 9.85 Å². The summed E-state index contributed by atoms with van der Waals surface area (Å²) in [6.07, 6.45) is -2.34. The standard InChI is InChI=1S/C2H3N3O6/c6-3(7)1-2(4(8)9)5(10)11/h2H,1H2. The first-order valence-corrected chi connectivity index (χ1v) is 2.34. The molecule has 62 valence electrons. The first-order valence-electron chi connectivity index (χ1n) is 2.34. The van der Waals surface area contributed by atoms with Crippen LogP contribution in [-0.4, -0.2) is 27.5 Å². The molecule has 0 atom stereocenters. The van der Waals surface area contributed by atoms with E-state index in [2.05, 4.69) is 0 Å². The monoisotopic (exact) mass is 165 g/mol. The lowest BCUT2D eigenvalue weighted by Crippen LogP contribution is -2.35. The lowest BCUT2D eigenvalue weighted by Gasteiger charge is -1.94. The van der Waals surface area contributed by atoms with E-state index in [1.807, 2.05) is 0 Å². The summed E-state index contributed by atoms with van der Waals surface area (Å²) in [5.41, 5.74) is 0. The molecule has 0 aromatic carbocycles. The van der Waals surface area contributed by atoms with Crippen LogP contribution in [0.15, 0.2) is 0 Å². The highest BCUT2D eigenvalue weighted by molar-refractivity contribution is 4.35. The number of hydrogen-bond acceptors (Lipinski definition) is 6. The zero-order chi connectivity index (χ0) is 9.02. The van der Waals surface area contributed by atoms with Gasteiger partial charge in [0, 0.05) is 4.92 Å². The van der Waals surface area contributed by atoms with Gasteiger partial charge >= 0.3 is 12.7 Å². The van der Waals surface area contributed by atoms with Crippen LogP contribution in [0.2, 0.25) is 0 Å². The largest absolute Gasteiger partial charge is 0.512 e. The maximum absolute atomic E-state index is 9.74. The minimum absolute atomic E-state index is 1.10. The Kier molecular flexibility index (Phi) is 2.83. The summed E-state index contributed by atoms with van der Waals surface area (Å²) in [7, 11) is 0. The van der Waals surface area contributed by atoms with E-state index in [9.17, 15) is 30.3 Å². The quantitative estimate of drug-likeness (QED) is 0.302. The van der Waals surface area contributed by atoms with Gasteiger partial charge in [-0.2, -0.15) is 0 Å². The predicted octanol–water partition coefficient (Wildman–Crippen LogP) is -0.857. The Bertz CT molecular complexity index is 186. The number of nitro groups is 3. The molecular formula is C2H3N3O6. The Labute approximate surface area is 59.1 Å². The first-order chi connectivity index (χ1) is 4.95. The molecule has 0 aliphatic heterocycles. The molecule has 11 heavy (non-hydrogen) atoms. The van der Waals surface area contributed by atoms with Crippen molar-refractivity contribution >= 4 is 0 Å². The summed E-state index contributed by atoms with van der Waals surface area (Å²) in [4.78, 5) is 25.4. The molecule has 0 N–H and O–H groups in total. The summed E-state index contributed by atoms with van der Waals surface area (Å²) in [5.74, 6) is 0. The third-order valence-electron chi connectivity index (χ3n) is 0.799. The highest BCUT2D eigenvalue weighted by Gasteiger charge is 2.38. The smallest absolute Gasteiger partial charge is 0.264 e. The van der Waals surface area contributed by atoms with Crippen LogP contribution in [0, 0.1) is 30.3 Å². The van der Waals surface area contributed by atoms with Gasteiger partial charge in [-0.05, 0) is 0 Å². The van der Waals surface area contributed by atoms with Crippen molar-refractivity contribution in [2.75, 3.05) is 6.54 Å². The second-order valence-electron chi connectivity index (χ2n) is 1.57. The van der Waals surface area contributed by atoms with E-state index < -0.39 is 27.5 Å². The van der Waals surface area contributed by atoms with Gasteiger partial charge in [0.2, 0.25) is 0 Å². The highest BCUT2D eigenvalue weighted by atomic mass is 16.7. The maximum Gasteiger partial charge on any atom is 0.512 e. The van der Waals surface area contributed by atoms with Crippen LogP contribution in [0.1, 0.15) is 0 Å². The van der Waals surface area contributed by atoms with Crippen molar-refractivity contribution in [3.8, 4) is 0 Å². The van der Waals surface area contributed by atoms with E-state index in [0.29, 0.717) is 0 Å². The Hall–Kier alpha value is -1.80. The summed E-state index contributed by atoms with van der Waals surface area (Å²) in [6.45, 7) is -1.29. The van der Waals surface area contributed by atoms with Gasteiger partial charge in [0.25, 0.3) is 0 Å². The third kappa shape index (κ3) is 3.03. The molecule has 0 bridgehead atoms. The normalized spacial score (nSPS) is 9.55. The average molecular weight is 165 g/mol. The lowest BCUT2D eigenvalue weighted by molar-refractivity contribution is -0.767. The van der Waals surface area contributed by atoms with E-state index in [1.165, 1.54) is 0 Å². The topological polar surface area (TPSA) is 129 Å². The predicted molar refractivity (Wildman–Crippen MR) is 29.6 cm³/mol. The summed E-state index contributed by atoms with van der Waals surface area (Å²) < 4.78 is 0. The SMILES string of the molecule is O=[N+]([O-])CC([N+](=O)[O-])[N+](=O)[O-]. The molecule has 0 rings (SSSR count). The third-order valence-corrected chi connectivity index (χ3v) is 0.799. The molecule has 0 aliphatic carbocycles. The molecule has 0 saturated heterocycles. The molecule has 0 spiro atoms. The minimum atomic E-state index is -2.34. The van der Waals surface area contributed by atoms with Crippen LogP contribution in [0.5, 0.6) is 0 Å². The zero-order valence-corrected chi connectivity index (χ0v) is 5.08. The molecule has 0 aromatic rings. The summed E-state index contributed by atoms with van der Waals surface area (Å²) >= 11 is 0. The molecule has 9 heteroatoms. The van der Waals surface area contributed by atoms with Gasteiger partial charge in [-0.3, -0.25) is 30.3 Å². The lowest BCUT2D eigenvalue weighted by atomic mass is 10.5. The number of nitrogens with zero attached hydrogens (tertiary/aromatic N) is 3. The van der Waals surface area contributed by atoms with Crippen LogP contribution in [0.4, 0.5) is 0 Å². The molecule has 0 aromatic heterocycles. The Morgan fingerprint density at radius 3 is 1.45 bits per heavy atom. The van der Waals surface area contributed by atoms with Crippen molar-refractivity contribution < 1.29 is 14.8 Å². The maximum atomic E-state index is 9.74. The van der Waals surface area contributed by atoms with Crippen LogP contribution >= 0.6 is 0 Å². The molecule has 0 heterocycles. The van der Waals surface area contributed by atoms with Gasteiger partial charge in [0.05, 0.1) is 0 Å². The molecule has 0 amide bonds. The minimum Gasteiger partial charge on any atom is -0.264 e. The Morgan fingerprint density at radius 1 is 1.00 bits per heavy atom. The Morgan fingerprint density at radius 2 is 1.36 bits per heavy atom. The van der Waals surface area contributed by atoms with Crippen molar-refractivity contribution in [3.05, 3.63) is 30.3 Å². The van der Waals surface area contributed by atoms with Crippen molar-refractivity contribution in [2.45, 2.75) is 6.17 Å². The van der Waals surface area contributed by atoms with E-state index in [4.69, 9.17) is 0 Å². The van der Waals surface area contributed by atoms with Gasteiger partial charge in [-0.1, -0.05) is 0 Å².